The monoisotopic (exact) mass is 414 g/mol. The maximum Gasteiger partial charge on any atom is 0.265 e. The second kappa shape index (κ2) is 7.01. The van der Waals surface area contributed by atoms with E-state index < -0.39 is 0 Å². The van der Waals surface area contributed by atoms with Gasteiger partial charge in [-0.15, -0.1) is 11.3 Å². The first-order chi connectivity index (χ1) is 12.2. The number of aryl methyl sites for hydroxylation is 1. The van der Waals surface area contributed by atoms with Crippen molar-refractivity contribution in [1.82, 2.24) is 19.9 Å². The predicted octanol–water partition coefficient (Wildman–Crippen LogP) is 3.95. The van der Waals surface area contributed by atoms with Gasteiger partial charge in [0.15, 0.2) is 10.8 Å². The van der Waals surface area contributed by atoms with Crippen LogP contribution in [-0.4, -0.2) is 32.3 Å². The van der Waals surface area contributed by atoms with Crippen LogP contribution in [0.3, 0.4) is 0 Å². The first kappa shape index (κ1) is 16.4. The first-order valence-corrected chi connectivity index (χ1v) is 9.61. The molecule has 0 radical (unpaired) electrons. The van der Waals surface area contributed by atoms with E-state index in [1.807, 2.05) is 11.0 Å². The molecule has 1 aliphatic heterocycles. The van der Waals surface area contributed by atoms with Crippen LogP contribution < -0.4 is 0 Å². The third-order valence-electron chi connectivity index (χ3n) is 4.16. The van der Waals surface area contributed by atoms with E-state index in [-0.39, 0.29) is 5.91 Å². The molecular weight excluding hydrogens is 400 g/mol. The number of aromatic nitrogens is 3. The highest BCUT2D eigenvalue weighted by Gasteiger charge is 2.22. The Kier molecular flexibility index (Phi) is 4.59. The van der Waals surface area contributed by atoms with Gasteiger partial charge in [0.2, 0.25) is 0 Å². The van der Waals surface area contributed by atoms with Crippen molar-refractivity contribution in [3.63, 3.8) is 0 Å². The number of fused-ring (bicyclic) bond motifs is 1. The molecule has 5 nitrogen and oxygen atoms in total. The van der Waals surface area contributed by atoms with Crippen LogP contribution in [0.25, 0.3) is 10.8 Å². The Labute approximate surface area is 157 Å². The lowest BCUT2D eigenvalue weighted by Gasteiger charge is -2.20. The Balaban J connectivity index is 1.57. The molecule has 0 saturated heterocycles. The van der Waals surface area contributed by atoms with Gasteiger partial charge < -0.3 is 4.90 Å². The summed E-state index contributed by atoms with van der Waals surface area (Å²) in [5, 5.41) is 0.670. The lowest BCUT2D eigenvalue weighted by molar-refractivity contribution is 0.0750. The molecule has 0 fully saturated rings. The lowest BCUT2D eigenvalue weighted by Crippen LogP contribution is -2.30. The van der Waals surface area contributed by atoms with Gasteiger partial charge in [-0.3, -0.25) is 4.79 Å². The number of carbonyl (C=O) groups excluding carboxylic acids is 1. The van der Waals surface area contributed by atoms with Crippen molar-refractivity contribution in [2.24, 2.45) is 0 Å². The predicted molar refractivity (Wildman–Crippen MR) is 100 cm³/mol. The van der Waals surface area contributed by atoms with Crippen LogP contribution in [0.4, 0.5) is 0 Å². The Hall–Kier alpha value is -2.12. The smallest absolute Gasteiger partial charge is 0.265 e. The fraction of sp³-hybridized carbons (Fsp3) is 0.222. The van der Waals surface area contributed by atoms with E-state index in [0.29, 0.717) is 22.3 Å². The number of rotatable bonds is 2. The second-order valence-electron chi connectivity index (χ2n) is 5.85. The van der Waals surface area contributed by atoms with Gasteiger partial charge in [0.1, 0.15) is 4.88 Å². The summed E-state index contributed by atoms with van der Waals surface area (Å²) >= 11 is 4.87. The van der Waals surface area contributed by atoms with E-state index in [0.717, 1.165) is 23.9 Å². The van der Waals surface area contributed by atoms with Gasteiger partial charge in [-0.25, -0.2) is 15.0 Å². The molecule has 3 heterocycles. The summed E-state index contributed by atoms with van der Waals surface area (Å²) in [6.07, 6.45) is 6.93. The summed E-state index contributed by atoms with van der Waals surface area (Å²) < 4.78 is 1.08. The SMILES string of the molecule is O=C(c1cnc(-c2ncccn2)s1)N1CCCc2cc(Br)ccc2C1. The minimum absolute atomic E-state index is 0.0236. The van der Waals surface area contributed by atoms with Crippen molar-refractivity contribution in [3.05, 3.63) is 63.3 Å². The van der Waals surface area contributed by atoms with Crippen molar-refractivity contribution in [1.29, 1.82) is 0 Å². The lowest BCUT2D eigenvalue weighted by atomic mass is 10.0. The molecule has 4 rings (SSSR count). The quantitative estimate of drug-likeness (QED) is 0.636. The second-order valence-corrected chi connectivity index (χ2v) is 7.79. The molecular formula is C18H15BrN4OS. The molecule has 1 aliphatic rings. The largest absolute Gasteiger partial charge is 0.334 e. The van der Waals surface area contributed by atoms with Gasteiger partial charge in [0, 0.05) is 30.0 Å². The summed E-state index contributed by atoms with van der Waals surface area (Å²) in [5.41, 5.74) is 2.53. The van der Waals surface area contributed by atoms with Gasteiger partial charge >= 0.3 is 0 Å². The molecule has 0 aliphatic carbocycles. The Bertz CT molecular complexity index is 912. The zero-order chi connectivity index (χ0) is 17.2. The van der Waals surface area contributed by atoms with Crippen molar-refractivity contribution < 1.29 is 4.79 Å². The van der Waals surface area contributed by atoms with E-state index in [1.54, 1.807) is 24.7 Å². The van der Waals surface area contributed by atoms with Crippen LogP contribution in [-0.2, 0) is 13.0 Å². The number of hydrogen-bond donors (Lipinski definition) is 0. The molecule has 1 aromatic carbocycles. The fourth-order valence-corrected chi connectivity index (χ4v) is 4.18. The molecule has 126 valence electrons. The maximum atomic E-state index is 12.9. The molecule has 0 N–H and O–H groups in total. The molecule has 0 spiro atoms. The highest BCUT2D eigenvalue weighted by molar-refractivity contribution is 9.10. The summed E-state index contributed by atoms with van der Waals surface area (Å²) in [7, 11) is 0. The number of thiazole rings is 1. The molecule has 0 saturated carbocycles. The summed E-state index contributed by atoms with van der Waals surface area (Å²) in [5.74, 6) is 0.577. The standard InChI is InChI=1S/C18H15BrN4OS/c19-14-5-4-13-11-23(8-1-3-12(13)9-14)18(24)15-10-22-17(25-15)16-20-6-2-7-21-16/h2,4-7,9-10H,1,3,8,11H2. The zero-order valence-electron chi connectivity index (χ0n) is 13.4. The summed E-state index contributed by atoms with van der Waals surface area (Å²) in [6.45, 7) is 1.39. The number of amides is 1. The number of halogens is 1. The van der Waals surface area contributed by atoms with E-state index >= 15 is 0 Å². The van der Waals surface area contributed by atoms with E-state index in [9.17, 15) is 4.79 Å². The number of benzene rings is 1. The van der Waals surface area contributed by atoms with Gasteiger partial charge in [-0.05, 0) is 42.2 Å². The molecule has 0 unspecified atom stereocenters. The molecule has 2 aromatic heterocycles. The maximum absolute atomic E-state index is 12.9. The third kappa shape index (κ3) is 3.48. The average Bonchev–Trinajstić information content (AvgIpc) is 3.03. The van der Waals surface area contributed by atoms with E-state index in [4.69, 9.17) is 0 Å². The van der Waals surface area contributed by atoms with Crippen LogP contribution in [0, 0.1) is 0 Å². The molecule has 1 amide bonds. The van der Waals surface area contributed by atoms with Crippen LogP contribution in [0.15, 0.2) is 47.3 Å². The molecule has 7 heteroatoms. The minimum Gasteiger partial charge on any atom is -0.334 e. The molecule has 25 heavy (non-hydrogen) atoms. The first-order valence-electron chi connectivity index (χ1n) is 8.00. The highest BCUT2D eigenvalue weighted by atomic mass is 79.9. The normalized spacial score (nSPS) is 14.0. The third-order valence-corrected chi connectivity index (χ3v) is 5.64. The van der Waals surface area contributed by atoms with Gasteiger partial charge in [-0.1, -0.05) is 22.0 Å². The van der Waals surface area contributed by atoms with Crippen molar-refractivity contribution in [2.45, 2.75) is 19.4 Å². The highest BCUT2D eigenvalue weighted by Crippen LogP contribution is 2.26. The van der Waals surface area contributed by atoms with E-state index in [1.165, 1.54) is 22.5 Å². The Morgan fingerprint density at radius 1 is 1.16 bits per heavy atom. The van der Waals surface area contributed by atoms with Gasteiger partial charge in [0.25, 0.3) is 5.91 Å². The van der Waals surface area contributed by atoms with Crippen molar-refractivity contribution >= 4 is 33.2 Å². The van der Waals surface area contributed by atoms with Gasteiger partial charge in [0.05, 0.1) is 6.20 Å². The molecule has 3 aromatic rings. The molecule has 0 atom stereocenters. The van der Waals surface area contributed by atoms with Crippen LogP contribution in [0.1, 0.15) is 27.2 Å². The minimum atomic E-state index is 0.0236. The van der Waals surface area contributed by atoms with E-state index in [2.05, 4.69) is 43.0 Å². The van der Waals surface area contributed by atoms with Crippen molar-refractivity contribution in [2.75, 3.05) is 6.54 Å². The number of carbonyl (C=O) groups is 1. The Morgan fingerprint density at radius 3 is 2.84 bits per heavy atom. The van der Waals surface area contributed by atoms with Crippen molar-refractivity contribution in [3.8, 4) is 10.8 Å². The topological polar surface area (TPSA) is 59.0 Å². The fourth-order valence-electron chi connectivity index (χ4n) is 2.94. The summed E-state index contributed by atoms with van der Waals surface area (Å²) in [6, 6.07) is 8.04. The van der Waals surface area contributed by atoms with Gasteiger partial charge in [-0.2, -0.15) is 0 Å². The van der Waals surface area contributed by atoms with Crippen LogP contribution >= 0.6 is 27.3 Å². The van der Waals surface area contributed by atoms with Crippen LogP contribution in [0.5, 0.6) is 0 Å². The average molecular weight is 415 g/mol. The summed E-state index contributed by atoms with van der Waals surface area (Å²) in [4.78, 5) is 28.2. The Morgan fingerprint density at radius 2 is 2.00 bits per heavy atom. The number of nitrogens with zero attached hydrogens (tertiary/aromatic N) is 4. The number of hydrogen-bond acceptors (Lipinski definition) is 5. The molecule has 0 bridgehead atoms. The zero-order valence-corrected chi connectivity index (χ0v) is 15.8. The van der Waals surface area contributed by atoms with Crippen LogP contribution in [0.2, 0.25) is 0 Å².